The molecule has 8 amide bonds. The Hall–Kier alpha value is -6.83. The van der Waals surface area contributed by atoms with Crippen molar-refractivity contribution in [2.75, 3.05) is 13.1 Å². The third-order valence-electron chi connectivity index (χ3n) is 15.6. The number of hydrogen-bond acceptors (Lipinski definition) is 10. The molecule has 3 heterocycles. The van der Waals surface area contributed by atoms with Crippen LogP contribution < -0.4 is 37.6 Å². The minimum absolute atomic E-state index is 0.00987. The number of amides is 8. The minimum Gasteiger partial charge on any atom is -0.480 e. The van der Waals surface area contributed by atoms with Gasteiger partial charge in [0.15, 0.2) is 0 Å². The molecule has 2 saturated heterocycles. The topological polar surface area (TPSA) is 294 Å². The molecular weight excluding hydrogens is 1010 g/mol. The van der Waals surface area contributed by atoms with E-state index in [1.807, 2.05) is 85.7 Å². The van der Waals surface area contributed by atoms with E-state index in [2.05, 4.69) is 36.9 Å². The van der Waals surface area contributed by atoms with Gasteiger partial charge in [-0.15, -0.1) is 0 Å². The first-order valence-corrected chi connectivity index (χ1v) is 28.5. The van der Waals surface area contributed by atoms with Crippen LogP contribution in [-0.2, 0) is 56.0 Å². The van der Waals surface area contributed by atoms with Crippen LogP contribution in [0.1, 0.15) is 132 Å². The molecule has 1 aromatic heterocycles. The normalized spacial score (nSPS) is 18.9. The number of carboxylic acid groups (broad SMARTS) is 1. The van der Waals surface area contributed by atoms with Crippen molar-refractivity contribution in [3.05, 3.63) is 71.9 Å². The molecule has 20 nitrogen and oxygen atoms in total. The standard InChI is InChI=1S/C59H88N10O10/c1-11-36(9)48(60)55(74)67-50(37(10)12-2)56(75)64-42(28-33(3)4)53(72)66-49(35(7)8)58(77)69-27-19-25-47(69)57(76)68-26-18-24-46(68)54(73)63-44(31-39-32-61-41-23-17-16-22-40(39)41)52(71)62-43(30-38-20-14-13-15-21-38)51(70)65-45(59(78)79)29-34(5)6/h13-17,20-23,32-37,42-50,61H,11-12,18-19,24-31,60H2,1-10H3,(H,62,71)(H,63,73)(H,64,75)(H,65,70)(H,66,72)(H,67,74)(H,78,79)/t36-,37-,42-,43-,44+,45-,46-,47-,48-,49-,50-/m0/s1. The molecule has 0 spiro atoms. The molecule has 5 rings (SSSR count). The van der Waals surface area contributed by atoms with Gasteiger partial charge < -0.3 is 57.5 Å². The summed E-state index contributed by atoms with van der Waals surface area (Å²) in [5.41, 5.74) is 8.43. The predicted octanol–water partition coefficient (Wildman–Crippen LogP) is 4.10. The summed E-state index contributed by atoms with van der Waals surface area (Å²) in [5, 5.41) is 27.8. The van der Waals surface area contributed by atoms with Gasteiger partial charge in [-0.3, -0.25) is 38.4 Å². The van der Waals surface area contributed by atoms with E-state index >= 15 is 0 Å². The number of para-hydroxylation sites is 1. The van der Waals surface area contributed by atoms with Gasteiger partial charge in [-0.1, -0.05) is 131 Å². The van der Waals surface area contributed by atoms with Crippen molar-refractivity contribution in [2.24, 2.45) is 35.3 Å². The summed E-state index contributed by atoms with van der Waals surface area (Å²) >= 11 is 0. The fourth-order valence-electron chi connectivity index (χ4n) is 10.5. The number of carboxylic acids is 1. The monoisotopic (exact) mass is 1100 g/mol. The third-order valence-corrected chi connectivity index (χ3v) is 15.6. The molecule has 3 aromatic rings. The summed E-state index contributed by atoms with van der Waals surface area (Å²) in [6.07, 6.45) is 4.88. The third kappa shape index (κ3) is 17.1. The van der Waals surface area contributed by atoms with Gasteiger partial charge in [0.1, 0.15) is 48.3 Å². The molecule has 0 aliphatic carbocycles. The number of hydrogen-bond donors (Lipinski definition) is 9. The summed E-state index contributed by atoms with van der Waals surface area (Å²) in [5.74, 6) is -6.73. The van der Waals surface area contributed by atoms with Crippen molar-refractivity contribution in [1.29, 1.82) is 0 Å². The predicted molar refractivity (Wildman–Crippen MR) is 301 cm³/mol. The van der Waals surface area contributed by atoms with Gasteiger partial charge in [0.05, 0.1) is 6.04 Å². The molecule has 0 bridgehead atoms. The van der Waals surface area contributed by atoms with E-state index in [4.69, 9.17) is 5.73 Å². The van der Waals surface area contributed by atoms with Gasteiger partial charge in [-0.2, -0.15) is 0 Å². The Morgan fingerprint density at radius 1 is 0.595 bits per heavy atom. The van der Waals surface area contributed by atoms with Crippen molar-refractivity contribution >= 4 is 64.1 Å². The Balaban J connectivity index is 1.35. The zero-order chi connectivity index (χ0) is 58.2. The second kappa shape index (κ2) is 29.4. The van der Waals surface area contributed by atoms with Gasteiger partial charge in [-0.25, -0.2) is 4.79 Å². The van der Waals surface area contributed by atoms with Crippen LogP contribution in [-0.4, -0.2) is 141 Å². The fraction of sp³-hybridized carbons (Fsp3) is 0.610. The van der Waals surface area contributed by atoms with Crippen LogP contribution in [0.2, 0.25) is 0 Å². The number of aliphatic carboxylic acids is 1. The largest absolute Gasteiger partial charge is 0.480 e. The van der Waals surface area contributed by atoms with Crippen LogP contribution in [0.25, 0.3) is 10.9 Å². The maximum absolute atomic E-state index is 14.8. The molecule has 2 aromatic carbocycles. The van der Waals surface area contributed by atoms with Crippen molar-refractivity contribution in [3.8, 4) is 0 Å². The van der Waals surface area contributed by atoms with E-state index in [0.29, 0.717) is 43.2 Å². The number of nitrogens with two attached hydrogens (primary N) is 1. The van der Waals surface area contributed by atoms with Crippen LogP contribution in [0.4, 0.5) is 0 Å². The number of benzene rings is 2. The minimum atomic E-state index is -1.27. The number of rotatable bonds is 28. The first-order valence-electron chi connectivity index (χ1n) is 28.5. The molecule has 11 atom stereocenters. The SMILES string of the molecule is CC[C@H](C)[C@H](N)C(=O)N[C@H](C(=O)N[C@@H](CC(C)C)C(=O)N[C@H](C(=O)N1CCC[C@H]1C(=O)N1CCC[C@H]1C(=O)N[C@H](Cc1c[nH]c2ccccc12)C(=O)N[C@@H](Cc1ccccc1)C(=O)N[C@@H](CC(C)C)C(=O)O)C(C)C)[C@@H](C)CC. The number of carbonyl (C=O) groups is 9. The molecule has 434 valence electrons. The summed E-state index contributed by atoms with van der Waals surface area (Å²) < 4.78 is 0. The van der Waals surface area contributed by atoms with Crippen molar-refractivity contribution < 1.29 is 48.3 Å². The van der Waals surface area contributed by atoms with E-state index in [-0.39, 0.29) is 68.9 Å². The van der Waals surface area contributed by atoms with E-state index < -0.39 is 114 Å². The van der Waals surface area contributed by atoms with Crippen LogP contribution in [0.15, 0.2) is 60.8 Å². The van der Waals surface area contributed by atoms with Gasteiger partial charge in [-0.05, 0) is 85.3 Å². The van der Waals surface area contributed by atoms with Gasteiger partial charge in [0.25, 0.3) is 0 Å². The summed E-state index contributed by atoms with van der Waals surface area (Å²) in [4.78, 5) is 133. The van der Waals surface area contributed by atoms with Crippen LogP contribution >= 0.6 is 0 Å². The molecule has 10 N–H and O–H groups in total. The average Bonchev–Trinajstić information content (AvgIpc) is 4.35. The number of likely N-dealkylation sites (tertiary alicyclic amines) is 2. The number of nitrogens with one attached hydrogen (secondary N) is 7. The zero-order valence-corrected chi connectivity index (χ0v) is 47.9. The molecule has 0 radical (unpaired) electrons. The Labute approximate surface area is 465 Å². The summed E-state index contributed by atoms with van der Waals surface area (Å²) in [6, 6.07) is 6.78. The molecule has 0 unspecified atom stereocenters. The average molecular weight is 1100 g/mol. The molecule has 0 saturated carbocycles. The lowest BCUT2D eigenvalue weighted by atomic mass is 9.94. The van der Waals surface area contributed by atoms with Crippen molar-refractivity contribution in [3.63, 3.8) is 0 Å². The van der Waals surface area contributed by atoms with Crippen LogP contribution in [0, 0.1) is 29.6 Å². The fourth-order valence-corrected chi connectivity index (χ4v) is 10.5. The molecule has 2 aliphatic rings. The highest BCUT2D eigenvalue weighted by molar-refractivity contribution is 5.99. The lowest BCUT2D eigenvalue weighted by molar-refractivity contribution is -0.148. The maximum atomic E-state index is 14.8. The molecular formula is C59H88N10O10. The van der Waals surface area contributed by atoms with E-state index in [0.717, 1.165) is 10.9 Å². The molecule has 2 fully saturated rings. The Kier molecular flexibility index (Phi) is 23.5. The highest BCUT2D eigenvalue weighted by Crippen LogP contribution is 2.28. The maximum Gasteiger partial charge on any atom is 0.326 e. The molecule has 20 heteroatoms. The van der Waals surface area contributed by atoms with E-state index in [1.54, 1.807) is 44.3 Å². The highest BCUT2D eigenvalue weighted by Gasteiger charge is 2.45. The number of nitrogens with zero attached hydrogens (tertiary/aromatic N) is 2. The number of aromatic amines is 1. The Morgan fingerprint density at radius 2 is 1.13 bits per heavy atom. The summed E-state index contributed by atoms with van der Waals surface area (Å²) in [6.45, 7) is 19.0. The lowest BCUT2D eigenvalue weighted by Crippen LogP contribution is -2.61. The second-order valence-corrected chi connectivity index (χ2v) is 23.0. The summed E-state index contributed by atoms with van der Waals surface area (Å²) in [7, 11) is 0. The Morgan fingerprint density at radius 3 is 1.73 bits per heavy atom. The molecule has 79 heavy (non-hydrogen) atoms. The van der Waals surface area contributed by atoms with Crippen molar-refractivity contribution in [1.82, 2.24) is 46.7 Å². The zero-order valence-electron chi connectivity index (χ0n) is 47.9. The first-order chi connectivity index (χ1) is 37.4. The molecule has 2 aliphatic heterocycles. The Bertz CT molecular complexity index is 2590. The number of H-pyrrole nitrogens is 1. The smallest absolute Gasteiger partial charge is 0.326 e. The van der Waals surface area contributed by atoms with Gasteiger partial charge in [0, 0.05) is 43.0 Å². The second-order valence-electron chi connectivity index (χ2n) is 23.0. The first kappa shape index (κ1) is 63.0. The number of carbonyl (C=O) groups excluding carboxylic acids is 8. The van der Waals surface area contributed by atoms with Gasteiger partial charge in [0.2, 0.25) is 47.3 Å². The van der Waals surface area contributed by atoms with Crippen LogP contribution in [0.5, 0.6) is 0 Å². The van der Waals surface area contributed by atoms with Crippen LogP contribution in [0.3, 0.4) is 0 Å². The van der Waals surface area contributed by atoms with Crippen molar-refractivity contribution in [2.45, 2.75) is 188 Å². The number of aromatic nitrogens is 1. The van der Waals surface area contributed by atoms with E-state index in [1.165, 1.54) is 9.80 Å². The quantitative estimate of drug-likeness (QED) is 0.0499. The lowest BCUT2D eigenvalue weighted by Gasteiger charge is -2.35. The van der Waals surface area contributed by atoms with Gasteiger partial charge >= 0.3 is 5.97 Å². The highest BCUT2D eigenvalue weighted by atomic mass is 16.4. The number of fused-ring (bicyclic) bond motifs is 1. The van der Waals surface area contributed by atoms with E-state index in [9.17, 15) is 48.3 Å².